The van der Waals surface area contributed by atoms with Gasteiger partial charge >= 0.3 is 5.69 Å². The van der Waals surface area contributed by atoms with E-state index in [0.717, 1.165) is 19.3 Å². The van der Waals surface area contributed by atoms with Gasteiger partial charge in [-0.05, 0) is 44.2 Å². The van der Waals surface area contributed by atoms with Gasteiger partial charge in [-0.3, -0.25) is 13.9 Å². The highest BCUT2D eigenvalue weighted by Gasteiger charge is 2.31. The predicted octanol–water partition coefficient (Wildman–Crippen LogP) is 0.640. The average Bonchev–Trinajstić information content (AvgIpc) is 2.95. The quantitative estimate of drug-likeness (QED) is 0.466. The number of ether oxygens (including phenoxy) is 1. The Morgan fingerprint density at radius 1 is 1.24 bits per heavy atom. The molecule has 0 radical (unpaired) electrons. The van der Waals surface area contributed by atoms with E-state index < -0.39 is 12.3 Å². The summed E-state index contributed by atoms with van der Waals surface area (Å²) in [6.45, 7) is 1.08. The van der Waals surface area contributed by atoms with E-state index in [-0.39, 0.29) is 24.8 Å². The summed E-state index contributed by atoms with van der Waals surface area (Å²) in [5.41, 5.74) is 1.73. The second-order valence-corrected chi connectivity index (χ2v) is 7.14. The molecule has 8 nitrogen and oxygen atoms in total. The number of benzene rings is 1. The zero-order chi connectivity index (χ0) is 20.8. The zero-order valence-electron chi connectivity index (χ0n) is 16.6. The molecule has 8 heteroatoms. The molecule has 3 N–H and O–H groups in total. The summed E-state index contributed by atoms with van der Waals surface area (Å²) in [6, 6.07) is 4.80. The van der Waals surface area contributed by atoms with Gasteiger partial charge in [0.05, 0.1) is 16.6 Å². The Morgan fingerprint density at radius 2 is 2.07 bits per heavy atom. The Kier molecular flexibility index (Phi) is 7.09. The third-order valence-corrected chi connectivity index (χ3v) is 5.08. The summed E-state index contributed by atoms with van der Waals surface area (Å²) in [6.07, 6.45) is 2.51. The molecule has 1 aliphatic rings. The molecule has 1 aromatic carbocycles. The zero-order valence-corrected chi connectivity index (χ0v) is 16.6. The summed E-state index contributed by atoms with van der Waals surface area (Å²) >= 11 is 0. The lowest BCUT2D eigenvalue weighted by Crippen LogP contribution is -2.46. The standard InChI is InChI=1S/C21H27N3O5/c1-23-19-15(8-6-14-29-13-4-2-3-12-25)7-5-9-16(19)24(21(23)28)17-10-11-18(26)22-20(17)27/h5,7,9,17-18,25-26H,2-4,10-14H2,1H3,(H,22,27). The second-order valence-electron chi connectivity index (χ2n) is 7.14. The van der Waals surface area contributed by atoms with Crippen LogP contribution in [0.4, 0.5) is 0 Å². The minimum Gasteiger partial charge on any atom is -0.396 e. The van der Waals surface area contributed by atoms with Crippen LogP contribution in [0.25, 0.3) is 11.0 Å². The summed E-state index contributed by atoms with van der Waals surface area (Å²) in [7, 11) is 1.67. The molecule has 156 valence electrons. The maximum absolute atomic E-state index is 12.9. The molecular weight excluding hydrogens is 374 g/mol. The molecule has 0 saturated carbocycles. The van der Waals surface area contributed by atoms with Crippen molar-refractivity contribution in [2.24, 2.45) is 7.05 Å². The first kappa shape index (κ1) is 21.1. The van der Waals surface area contributed by atoms with Gasteiger partial charge < -0.3 is 20.3 Å². The molecule has 2 atom stereocenters. The molecule has 1 amide bonds. The number of unbranched alkanes of at least 4 members (excludes halogenated alkanes) is 2. The van der Waals surface area contributed by atoms with Gasteiger partial charge in [0, 0.05) is 20.3 Å². The number of carbonyl (C=O) groups is 1. The third kappa shape index (κ3) is 4.70. The summed E-state index contributed by atoms with van der Waals surface area (Å²) in [5.74, 6) is 5.68. The Hall–Kier alpha value is -2.60. The fraction of sp³-hybridized carbons (Fsp3) is 0.524. The Bertz CT molecular complexity index is 982. The van der Waals surface area contributed by atoms with Gasteiger partial charge in [0.1, 0.15) is 18.9 Å². The first-order chi connectivity index (χ1) is 14.0. The van der Waals surface area contributed by atoms with Crippen molar-refractivity contribution in [3.8, 4) is 11.8 Å². The average molecular weight is 401 g/mol. The van der Waals surface area contributed by atoms with Crippen molar-refractivity contribution < 1.29 is 19.7 Å². The van der Waals surface area contributed by atoms with Gasteiger partial charge in [-0.25, -0.2) is 4.79 Å². The molecule has 2 heterocycles. The van der Waals surface area contributed by atoms with Crippen LogP contribution >= 0.6 is 0 Å². The van der Waals surface area contributed by atoms with Gasteiger partial charge in [0.25, 0.3) is 0 Å². The Morgan fingerprint density at radius 3 is 2.83 bits per heavy atom. The maximum atomic E-state index is 12.9. The van der Waals surface area contributed by atoms with Crippen molar-refractivity contribution >= 4 is 16.9 Å². The van der Waals surface area contributed by atoms with E-state index in [2.05, 4.69) is 17.2 Å². The molecule has 3 rings (SSSR count). The van der Waals surface area contributed by atoms with Crippen LogP contribution in [0, 0.1) is 11.8 Å². The van der Waals surface area contributed by atoms with E-state index >= 15 is 0 Å². The lowest BCUT2D eigenvalue weighted by molar-refractivity contribution is -0.130. The topological polar surface area (TPSA) is 106 Å². The molecule has 1 fully saturated rings. The molecule has 1 aliphatic heterocycles. The molecule has 0 spiro atoms. The molecular formula is C21H27N3O5. The summed E-state index contributed by atoms with van der Waals surface area (Å²) in [5, 5.41) is 20.9. The van der Waals surface area contributed by atoms with E-state index in [0.29, 0.717) is 36.0 Å². The lowest BCUT2D eigenvalue weighted by atomic mass is 10.0. The maximum Gasteiger partial charge on any atom is 0.329 e. The number of hydrogen-bond donors (Lipinski definition) is 3. The number of aliphatic hydroxyl groups excluding tert-OH is 2. The number of nitrogens with zero attached hydrogens (tertiary/aromatic N) is 2. The van der Waals surface area contributed by atoms with Crippen molar-refractivity contribution in [3.05, 3.63) is 34.2 Å². The molecule has 0 bridgehead atoms. The second kappa shape index (κ2) is 9.74. The highest BCUT2D eigenvalue weighted by Crippen LogP contribution is 2.25. The molecule has 1 saturated heterocycles. The molecule has 2 unspecified atom stereocenters. The predicted molar refractivity (Wildman–Crippen MR) is 108 cm³/mol. The van der Waals surface area contributed by atoms with E-state index in [9.17, 15) is 14.7 Å². The van der Waals surface area contributed by atoms with Crippen molar-refractivity contribution in [3.63, 3.8) is 0 Å². The van der Waals surface area contributed by atoms with Crippen LogP contribution in [0.3, 0.4) is 0 Å². The SMILES string of the molecule is Cn1c(=O)n(C2CCC(O)NC2=O)c2cccc(C#CCOCCCCCO)c21. The van der Waals surface area contributed by atoms with Crippen LogP contribution in [-0.4, -0.2) is 51.3 Å². The van der Waals surface area contributed by atoms with Crippen molar-refractivity contribution in [2.45, 2.75) is 44.4 Å². The number of nitrogens with one attached hydrogen (secondary N) is 1. The van der Waals surface area contributed by atoms with E-state index in [1.54, 1.807) is 13.1 Å². The van der Waals surface area contributed by atoms with Crippen LogP contribution in [0.15, 0.2) is 23.0 Å². The number of imidazole rings is 1. The normalized spacial score (nSPS) is 19.1. The van der Waals surface area contributed by atoms with Crippen LogP contribution in [0.1, 0.15) is 43.7 Å². The fourth-order valence-corrected chi connectivity index (χ4v) is 3.61. The van der Waals surface area contributed by atoms with Gasteiger partial charge in [0.2, 0.25) is 5.91 Å². The highest BCUT2D eigenvalue weighted by molar-refractivity contribution is 5.87. The van der Waals surface area contributed by atoms with Crippen LogP contribution in [0.5, 0.6) is 0 Å². The highest BCUT2D eigenvalue weighted by atomic mass is 16.5. The Balaban J connectivity index is 1.81. The number of amides is 1. The molecule has 0 aliphatic carbocycles. The molecule has 2 aromatic rings. The van der Waals surface area contributed by atoms with Crippen molar-refractivity contribution in [1.82, 2.24) is 14.5 Å². The fourth-order valence-electron chi connectivity index (χ4n) is 3.61. The van der Waals surface area contributed by atoms with Crippen LogP contribution in [-0.2, 0) is 16.6 Å². The molecule has 29 heavy (non-hydrogen) atoms. The largest absolute Gasteiger partial charge is 0.396 e. The van der Waals surface area contributed by atoms with Crippen LogP contribution in [0.2, 0.25) is 0 Å². The lowest BCUT2D eigenvalue weighted by Gasteiger charge is -2.26. The van der Waals surface area contributed by atoms with Crippen molar-refractivity contribution in [2.75, 3.05) is 19.8 Å². The van der Waals surface area contributed by atoms with Crippen molar-refractivity contribution in [1.29, 1.82) is 0 Å². The van der Waals surface area contributed by atoms with E-state index in [1.165, 1.54) is 9.13 Å². The summed E-state index contributed by atoms with van der Waals surface area (Å²) in [4.78, 5) is 25.2. The third-order valence-electron chi connectivity index (χ3n) is 5.08. The van der Waals surface area contributed by atoms with E-state index in [4.69, 9.17) is 9.84 Å². The number of fused-ring (bicyclic) bond motifs is 1. The monoisotopic (exact) mass is 401 g/mol. The number of hydrogen-bond acceptors (Lipinski definition) is 5. The van der Waals surface area contributed by atoms with Gasteiger partial charge in [0.15, 0.2) is 0 Å². The number of piperidine rings is 1. The van der Waals surface area contributed by atoms with Gasteiger partial charge in [-0.2, -0.15) is 0 Å². The number of aryl methyl sites for hydroxylation is 1. The minimum atomic E-state index is -0.866. The van der Waals surface area contributed by atoms with Gasteiger partial charge in [-0.1, -0.05) is 17.9 Å². The smallest absolute Gasteiger partial charge is 0.329 e. The number of aliphatic hydroxyl groups is 2. The van der Waals surface area contributed by atoms with E-state index in [1.807, 2.05) is 12.1 Å². The first-order valence-electron chi connectivity index (χ1n) is 9.90. The number of rotatable bonds is 7. The number of aromatic nitrogens is 2. The number of carbonyl (C=O) groups excluding carboxylic acids is 1. The van der Waals surface area contributed by atoms with Crippen LogP contribution < -0.4 is 11.0 Å². The van der Waals surface area contributed by atoms with Gasteiger partial charge in [-0.15, -0.1) is 0 Å². The molecule has 1 aromatic heterocycles. The minimum absolute atomic E-state index is 0.200. The number of para-hydroxylation sites is 1. The first-order valence-corrected chi connectivity index (χ1v) is 9.90. The summed E-state index contributed by atoms with van der Waals surface area (Å²) < 4.78 is 8.48. The Labute approximate surface area is 169 Å².